The molecule has 0 unspecified atom stereocenters. The van der Waals surface area contributed by atoms with Crippen LogP contribution in [0.5, 0.6) is 0 Å². The van der Waals surface area contributed by atoms with Gasteiger partial charge in [-0.1, -0.05) is 115 Å². The highest BCUT2D eigenvalue weighted by Crippen LogP contribution is 2.54. The predicted molar refractivity (Wildman–Crippen MR) is 179 cm³/mol. The van der Waals surface area contributed by atoms with Gasteiger partial charge in [0.15, 0.2) is 0 Å². The van der Waals surface area contributed by atoms with Gasteiger partial charge in [0.05, 0.1) is 11.4 Å². The van der Waals surface area contributed by atoms with Crippen LogP contribution in [0.25, 0.3) is 54.5 Å². The average Bonchev–Trinajstić information content (AvgIpc) is 3.39. The second-order valence-electron chi connectivity index (χ2n) is 11.7. The van der Waals surface area contributed by atoms with Crippen LogP contribution in [0.3, 0.4) is 0 Å². The summed E-state index contributed by atoms with van der Waals surface area (Å²) < 4.78 is 2.70. The van der Waals surface area contributed by atoms with Gasteiger partial charge >= 0.3 is 6.85 Å². The maximum atomic E-state index is 2.70. The molecule has 7 aromatic carbocycles. The molecule has 0 saturated carbocycles. The van der Waals surface area contributed by atoms with E-state index >= 15 is 0 Å². The lowest BCUT2D eigenvalue weighted by molar-refractivity contribution is 1.16. The lowest BCUT2D eigenvalue weighted by atomic mass is 9.44. The fourth-order valence-electron chi connectivity index (χ4n) is 8.15. The first-order valence-corrected chi connectivity index (χ1v) is 15.4. The number of benzene rings is 7. The molecule has 0 spiro atoms. The van der Waals surface area contributed by atoms with Crippen molar-refractivity contribution in [2.75, 3.05) is 4.90 Å². The van der Waals surface area contributed by atoms with Gasteiger partial charge in [0, 0.05) is 48.2 Å². The first kappa shape index (κ1) is 21.8. The highest BCUT2D eigenvalue weighted by molar-refractivity contribution is 7.99. The summed E-state index contributed by atoms with van der Waals surface area (Å²) in [6.07, 6.45) is 0. The van der Waals surface area contributed by atoms with Gasteiger partial charge in [-0.05, 0) is 56.9 Å². The van der Waals surface area contributed by atoms with E-state index in [-0.39, 0.29) is 6.85 Å². The molecule has 0 amide bonds. The van der Waals surface area contributed by atoms with E-state index in [4.69, 9.17) is 0 Å². The molecule has 3 aliphatic rings. The fraction of sp³-hybridized carbons (Fsp3) is 0. The van der Waals surface area contributed by atoms with Crippen LogP contribution in [-0.2, 0) is 0 Å². The molecule has 0 N–H and O–H groups in total. The molecule has 0 aliphatic carbocycles. The molecule has 1 aromatic heterocycles. The van der Waals surface area contributed by atoms with Gasteiger partial charge in [-0.15, -0.1) is 0 Å². The van der Waals surface area contributed by atoms with Gasteiger partial charge < -0.3 is 9.38 Å². The second-order valence-corrected chi connectivity index (χ2v) is 12.7. The topological polar surface area (TPSA) is 8.17 Å². The molecule has 2 nitrogen and oxygen atoms in total. The summed E-state index contributed by atoms with van der Waals surface area (Å²) in [6, 6.07) is 47.7. The molecule has 3 aliphatic heterocycles. The maximum Gasteiger partial charge on any atom is 0.333 e. The van der Waals surface area contributed by atoms with Crippen LogP contribution in [0.15, 0.2) is 137 Å². The Morgan fingerprint density at radius 1 is 0.524 bits per heavy atom. The Bertz CT molecular complexity index is 2530. The molecule has 192 valence electrons. The summed E-state index contributed by atoms with van der Waals surface area (Å²) in [4.78, 5) is 5.19. The van der Waals surface area contributed by atoms with E-state index in [9.17, 15) is 0 Å². The van der Waals surface area contributed by atoms with Crippen LogP contribution < -0.4 is 15.8 Å². The minimum Gasteiger partial charge on any atom is -0.375 e. The van der Waals surface area contributed by atoms with Crippen LogP contribution in [0.2, 0.25) is 0 Å². The third-order valence-electron chi connectivity index (χ3n) is 9.69. The number of anilines is 3. The van der Waals surface area contributed by atoms with Gasteiger partial charge in [0.1, 0.15) is 0 Å². The van der Waals surface area contributed by atoms with Crippen LogP contribution in [0.1, 0.15) is 0 Å². The molecule has 42 heavy (non-hydrogen) atoms. The zero-order valence-electron chi connectivity index (χ0n) is 22.5. The molecule has 0 saturated heterocycles. The van der Waals surface area contributed by atoms with E-state index in [1.807, 2.05) is 11.8 Å². The van der Waals surface area contributed by atoms with Crippen LogP contribution >= 0.6 is 11.8 Å². The highest BCUT2D eigenvalue weighted by Gasteiger charge is 2.45. The largest absolute Gasteiger partial charge is 0.375 e. The Balaban J connectivity index is 1.42. The summed E-state index contributed by atoms with van der Waals surface area (Å²) >= 11 is 1.90. The number of aromatic nitrogens is 1. The lowest BCUT2D eigenvalue weighted by Crippen LogP contribution is -2.57. The normalized spacial score (nSPS) is 14.0. The molecule has 8 aromatic rings. The van der Waals surface area contributed by atoms with Crippen molar-refractivity contribution >= 4 is 89.9 Å². The fourth-order valence-corrected chi connectivity index (χ4v) is 9.25. The molecular weight excluding hydrogens is 527 g/mol. The minimum atomic E-state index is 0.0670. The number of para-hydroxylation sites is 3. The summed E-state index contributed by atoms with van der Waals surface area (Å²) in [5.74, 6) is 0. The summed E-state index contributed by atoms with van der Waals surface area (Å²) in [6.45, 7) is 0.0670. The average molecular weight is 548 g/mol. The van der Waals surface area contributed by atoms with Crippen molar-refractivity contribution in [3.05, 3.63) is 127 Å². The zero-order valence-corrected chi connectivity index (χ0v) is 23.3. The summed E-state index contributed by atoms with van der Waals surface area (Å²) in [5, 5.41) is 7.88. The highest BCUT2D eigenvalue weighted by atomic mass is 32.2. The molecule has 4 heteroatoms. The Kier molecular flexibility index (Phi) is 3.87. The predicted octanol–water partition coefficient (Wildman–Crippen LogP) is 8.98. The third-order valence-corrected chi connectivity index (χ3v) is 10.8. The van der Waals surface area contributed by atoms with E-state index in [0.717, 1.165) is 0 Å². The van der Waals surface area contributed by atoms with E-state index in [0.29, 0.717) is 0 Å². The van der Waals surface area contributed by atoms with Gasteiger partial charge in [0.2, 0.25) is 0 Å². The number of hydrogen-bond donors (Lipinski definition) is 0. The van der Waals surface area contributed by atoms with Crippen LogP contribution in [0.4, 0.5) is 17.1 Å². The smallest absolute Gasteiger partial charge is 0.333 e. The van der Waals surface area contributed by atoms with Crippen molar-refractivity contribution in [3.8, 4) is 11.1 Å². The van der Waals surface area contributed by atoms with Crippen LogP contribution in [-0.4, -0.2) is 11.3 Å². The Hall–Kier alpha value is -4.93. The van der Waals surface area contributed by atoms with Crippen molar-refractivity contribution < 1.29 is 0 Å². The lowest BCUT2D eigenvalue weighted by Gasteiger charge is -2.44. The van der Waals surface area contributed by atoms with Gasteiger partial charge in [-0.25, -0.2) is 0 Å². The number of nitrogens with zero attached hydrogens (tertiary/aromatic N) is 2. The number of fused-ring (bicyclic) bond motifs is 13. The van der Waals surface area contributed by atoms with Crippen molar-refractivity contribution in [2.45, 2.75) is 9.79 Å². The summed E-state index contributed by atoms with van der Waals surface area (Å²) in [7, 11) is 0. The minimum absolute atomic E-state index is 0.0670. The molecule has 11 rings (SSSR count). The number of hydrogen-bond acceptors (Lipinski definition) is 2. The first-order valence-electron chi connectivity index (χ1n) is 14.6. The molecule has 0 bridgehead atoms. The Morgan fingerprint density at radius 3 is 2.21 bits per heavy atom. The van der Waals surface area contributed by atoms with Gasteiger partial charge in [-0.3, -0.25) is 0 Å². The number of rotatable bonds is 0. The Morgan fingerprint density at radius 2 is 1.26 bits per heavy atom. The first-order chi connectivity index (χ1) is 20.9. The standard InChI is InChI=1S/C38H21BN2S/c1-4-12-25-22(9-1)19-20-27-26-13-7-14-28-34-24-11-3-2-10-23(24)21-31-35(34)39(41(36(25)27)37(26)28)29-15-8-18-33-38(29)40(31)30-16-5-6-17-32(30)42-33/h1-21H. The SMILES string of the molecule is c1ccc2c(c1)Sc1cccc3c1N2c1cc2ccccc2c2c1B3n1c3c-2cccc3c2ccc3ccccc3c21. The molecule has 4 heterocycles. The monoisotopic (exact) mass is 548 g/mol. The second kappa shape index (κ2) is 7.47. The quantitative estimate of drug-likeness (QED) is 0.175. The molecular formula is C38H21BN2S. The van der Waals surface area contributed by atoms with Gasteiger partial charge in [-0.2, -0.15) is 0 Å². The van der Waals surface area contributed by atoms with E-state index in [2.05, 4.69) is 137 Å². The third kappa shape index (κ3) is 2.44. The Labute approximate surface area is 246 Å². The van der Waals surface area contributed by atoms with Crippen LogP contribution in [0, 0.1) is 0 Å². The summed E-state index contributed by atoms with van der Waals surface area (Å²) in [5.41, 5.74) is 12.1. The van der Waals surface area contributed by atoms with E-state index in [1.165, 1.54) is 92.3 Å². The van der Waals surface area contributed by atoms with Crippen molar-refractivity contribution in [3.63, 3.8) is 0 Å². The van der Waals surface area contributed by atoms with E-state index < -0.39 is 0 Å². The van der Waals surface area contributed by atoms with Crippen molar-refractivity contribution in [1.82, 2.24) is 4.48 Å². The van der Waals surface area contributed by atoms with Crippen molar-refractivity contribution in [2.24, 2.45) is 0 Å². The van der Waals surface area contributed by atoms with Gasteiger partial charge in [0.25, 0.3) is 0 Å². The molecule has 0 fully saturated rings. The zero-order chi connectivity index (χ0) is 27.1. The van der Waals surface area contributed by atoms with Crippen molar-refractivity contribution in [1.29, 1.82) is 0 Å². The molecule has 0 atom stereocenters. The van der Waals surface area contributed by atoms with E-state index in [1.54, 1.807) is 0 Å². The molecule has 0 radical (unpaired) electrons. The maximum absolute atomic E-state index is 2.70.